The number of ether oxygens (including phenoxy) is 2. The number of aromatic carboxylic acids is 1. The molecule has 2 aliphatic rings. The van der Waals surface area contributed by atoms with Crippen LogP contribution in [-0.2, 0) is 15.9 Å². The summed E-state index contributed by atoms with van der Waals surface area (Å²) in [5.74, 6) is -1.48. The first kappa shape index (κ1) is 29.2. The van der Waals surface area contributed by atoms with Crippen molar-refractivity contribution in [2.45, 2.75) is 50.7 Å². The summed E-state index contributed by atoms with van der Waals surface area (Å²) < 4.78 is 14.9. The highest BCUT2D eigenvalue weighted by Gasteiger charge is 2.52. The predicted octanol–water partition coefficient (Wildman–Crippen LogP) is 3.40. The summed E-state index contributed by atoms with van der Waals surface area (Å²) in [7, 11) is 0. The van der Waals surface area contributed by atoms with Crippen LogP contribution in [-0.4, -0.2) is 74.1 Å². The number of carboxylic acids is 1. The molecule has 2 fully saturated rings. The molecule has 1 saturated heterocycles. The van der Waals surface area contributed by atoms with Gasteiger partial charge in [0.05, 0.1) is 29.6 Å². The highest BCUT2D eigenvalue weighted by molar-refractivity contribution is 6.04. The van der Waals surface area contributed by atoms with Gasteiger partial charge in [0, 0.05) is 25.4 Å². The van der Waals surface area contributed by atoms with Crippen LogP contribution in [0.3, 0.4) is 0 Å². The van der Waals surface area contributed by atoms with E-state index in [1.807, 2.05) is 29.7 Å². The second-order valence-electron chi connectivity index (χ2n) is 10.8. The molecule has 2 aromatic carbocycles. The van der Waals surface area contributed by atoms with Gasteiger partial charge < -0.3 is 29.8 Å². The first-order chi connectivity index (χ1) is 21.4. The lowest BCUT2D eigenvalue weighted by Gasteiger charge is -2.21. The molecule has 2 aromatic heterocycles. The lowest BCUT2D eigenvalue weighted by atomic mass is 10.0. The molecule has 4 aromatic rings. The van der Waals surface area contributed by atoms with Crippen molar-refractivity contribution in [3.8, 4) is 0 Å². The van der Waals surface area contributed by atoms with Gasteiger partial charge in [-0.15, -0.1) is 0 Å². The van der Waals surface area contributed by atoms with E-state index in [1.54, 1.807) is 18.5 Å². The zero-order chi connectivity index (χ0) is 30.6. The standard InChI is InChI=1S/C31H33N7O6/c1-2-32-31(42)37-27-24-28(35-16-34-27)38(17-36-24)22-14-19(15-33-29(39)20-10-6-7-11-21(20)30(40)41)25-26(22)44-23(43-25)13-12-18-8-4-3-5-9-18/h3-11,16-17,19,22-23,25-26H,2,12-15H2,1H3,(H,33,39)(H,40,41)(H2,32,34,35,37,42)/t19?,22?,23-,25?,26?/m0/s1. The Morgan fingerprint density at radius 3 is 2.48 bits per heavy atom. The molecule has 1 aliphatic heterocycles. The van der Waals surface area contributed by atoms with Crippen molar-refractivity contribution in [3.63, 3.8) is 0 Å². The van der Waals surface area contributed by atoms with Crippen LogP contribution < -0.4 is 16.0 Å². The minimum atomic E-state index is -1.17. The van der Waals surface area contributed by atoms with Gasteiger partial charge in [0.2, 0.25) is 0 Å². The first-order valence-corrected chi connectivity index (χ1v) is 14.6. The van der Waals surface area contributed by atoms with Gasteiger partial charge in [-0.05, 0) is 37.5 Å². The fourth-order valence-electron chi connectivity index (χ4n) is 6.03. The molecule has 3 heterocycles. The summed E-state index contributed by atoms with van der Waals surface area (Å²) in [6, 6.07) is 15.6. The fraction of sp³-hybridized carbons (Fsp3) is 0.355. The average Bonchev–Trinajstić information content (AvgIpc) is 3.74. The quantitative estimate of drug-likeness (QED) is 0.213. The maximum Gasteiger partial charge on any atom is 0.336 e. The Balaban J connectivity index is 1.24. The SMILES string of the molecule is CCNC(=O)Nc1ncnc2c1ncn2C1CC(CNC(=O)c2ccccc2C(=O)O)C2O[C@H](CCc3ccccc3)OC21. The Morgan fingerprint density at radius 2 is 1.70 bits per heavy atom. The van der Waals surface area contributed by atoms with Gasteiger partial charge in [0.15, 0.2) is 23.3 Å². The molecule has 0 radical (unpaired) electrons. The number of aryl methyl sites for hydroxylation is 1. The lowest BCUT2D eigenvalue weighted by molar-refractivity contribution is -0.0880. The highest BCUT2D eigenvalue weighted by Crippen LogP contribution is 2.45. The minimum absolute atomic E-state index is 0.0600. The number of amides is 3. The van der Waals surface area contributed by atoms with Crippen molar-refractivity contribution in [1.82, 2.24) is 30.2 Å². The summed E-state index contributed by atoms with van der Waals surface area (Å²) >= 11 is 0. The normalized spacial score (nSPS) is 22.4. The number of hydrogen-bond donors (Lipinski definition) is 4. The number of fused-ring (bicyclic) bond motifs is 2. The van der Waals surface area contributed by atoms with Crippen molar-refractivity contribution >= 4 is 34.9 Å². The van der Waals surface area contributed by atoms with Gasteiger partial charge in [-0.3, -0.25) is 10.1 Å². The third-order valence-corrected chi connectivity index (χ3v) is 8.05. The number of hydrogen-bond acceptors (Lipinski definition) is 8. The Bertz CT molecular complexity index is 1660. The van der Waals surface area contributed by atoms with Crippen LogP contribution in [0.4, 0.5) is 10.6 Å². The molecular formula is C31H33N7O6. The van der Waals surface area contributed by atoms with Crippen molar-refractivity contribution in [1.29, 1.82) is 0 Å². The number of nitrogens with one attached hydrogen (secondary N) is 3. The zero-order valence-electron chi connectivity index (χ0n) is 24.1. The third-order valence-electron chi connectivity index (χ3n) is 8.05. The first-order valence-electron chi connectivity index (χ1n) is 14.6. The lowest BCUT2D eigenvalue weighted by Crippen LogP contribution is -2.35. The maximum atomic E-state index is 13.1. The Morgan fingerprint density at radius 1 is 0.955 bits per heavy atom. The fourth-order valence-corrected chi connectivity index (χ4v) is 6.03. The molecule has 228 valence electrons. The van der Waals surface area contributed by atoms with Crippen LogP contribution in [0.5, 0.6) is 0 Å². The van der Waals surface area contributed by atoms with E-state index in [2.05, 4.69) is 43.0 Å². The van der Waals surface area contributed by atoms with Crippen molar-refractivity contribution in [3.05, 3.63) is 83.9 Å². The van der Waals surface area contributed by atoms with Gasteiger partial charge in [0.1, 0.15) is 12.4 Å². The molecule has 1 saturated carbocycles. The molecule has 13 heteroatoms. The largest absolute Gasteiger partial charge is 0.478 e. The molecule has 6 rings (SSSR count). The number of carboxylic acid groups (broad SMARTS) is 1. The molecule has 44 heavy (non-hydrogen) atoms. The van der Waals surface area contributed by atoms with E-state index in [0.717, 1.165) is 6.42 Å². The zero-order valence-corrected chi connectivity index (χ0v) is 24.1. The van der Waals surface area contributed by atoms with Gasteiger partial charge in [0.25, 0.3) is 5.91 Å². The van der Waals surface area contributed by atoms with Crippen molar-refractivity contribution in [2.75, 3.05) is 18.4 Å². The molecule has 5 atom stereocenters. The maximum absolute atomic E-state index is 13.1. The second kappa shape index (κ2) is 12.8. The van der Waals surface area contributed by atoms with E-state index in [4.69, 9.17) is 9.47 Å². The van der Waals surface area contributed by atoms with Crippen LogP contribution in [0.15, 0.2) is 67.3 Å². The summed E-state index contributed by atoms with van der Waals surface area (Å²) in [4.78, 5) is 50.1. The van der Waals surface area contributed by atoms with E-state index >= 15 is 0 Å². The molecule has 0 spiro atoms. The number of nitrogens with zero attached hydrogens (tertiary/aromatic N) is 4. The van der Waals surface area contributed by atoms with Crippen molar-refractivity contribution < 1.29 is 29.0 Å². The van der Waals surface area contributed by atoms with Crippen LogP contribution in [0, 0.1) is 5.92 Å². The molecule has 3 amide bonds. The molecular weight excluding hydrogens is 566 g/mol. The third kappa shape index (κ3) is 5.96. The molecule has 1 aliphatic carbocycles. The number of benzene rings is 2. The summed E-state index contributed by atoms with van der Waals surface area (Å²) in [5, 5.41) is 17.9. The topological polar surface area (TPSA) is 170 Å². The van der Waals surface area contributed by atoms with E-state index in [9.17, 15) is 19.5 Å². The van der Waals surface area contributed by atoms with Gasteiger partial charge >= 0.3 is 12.0 Å². The minimum Gasteiger partial charge on any atom is -0.478 e. The summed E-state index contributed by atoms with van der Waals surface area (Å²) in [5.41, 5.74) is 2.19. The number of carbonyl (C=O) groups is 3. The Labute approximate surface area is 253 Å². The summed E-state index contributed by atoms with van der Waals surface area (Å²) in [6.45, 7) is 2.54. The van der Waals surface area contributed by atoms with Gasteiger partial charge in [-0.2, -0.15) is 0 Å². The number of rotatable bonds is 10. The number of imidazole rings is 1. The van der Waals surface area contributed by atoms with Gasteiger partial charge in [-0.1, -0.05) is 42.5 Å². The number of aromatic nitrogens is 4. The van der Waals surface area contributed by atoms with Crippen LogP contribution in [0.2, 0.25) is 0 Å². The van der Waals surface area contributed by atoms with Crippen LogP contribution in [0.1, 0.15) is 52.1 Å². The van der Waals surface area contributed by atoms with E-state index in [-0.39, 0.29) is 41.8 Å². The monoisotopic (exact) mass is 599 g/mol. The highest BCUT2D eigenvalue weighted by atomic mass is 16.7. The average molecular weight is 600 g/mol. The van der Waals surface area contributed by atoms with E-state index < -0.39 is 24.2 Å². The van der Waals surface area contributed by atoms with Crippen LogP contribution in [0.25, 0.3) is 11.2 Å². The van der Waals surface area contributed by atoms with Gasteiger partial charge in [-0.25, -0.2) is 24.5 Å². The number of anilines is 1. The molecule has 0 bridgehead atoms. The summed E-state index contributed by atoms with van der Waals surface area (Å²) in [6.07, 6.45) is 3.92. The van der Waals surface area contributed by atoms with Crippen molar-refractivity contribution in [2.24, 2.45) is 5.92 Å². The smallest absolute Gasteiger partial charge is 0.336 e. The van der Waals surface area contributed by atoms with E-state index in [0.29, 0.717) is 36.4 Å². The van der Waals surface area contributed by atoms with Crippen LogP contribution >= 0.6 is 0 Å². The molecule has 13 nitrogen and oxygen atoms in total. The predicted molar refractivity (Wildman–Crippen MR) is 159 cm³/mol. The second-order valence-corrected chi connectivity index (χ2v) is 10.8. The molecule has 4 N–H and O–H groups in total. The Kier molecular flexibility index (Phi) is 8.48. The molecule has 4 unspecified atom stereocenters. The number of carbonyl (C=O) groups excluding carboxylic acids is 2. The Hall–Kier alpha value is -4.88. The van der Waals surface area contributed by atoms with E-state index in [1.165, 1.54) is 24.0 Å². The number of urea groups is 1.